The van der Waals surface area contributed by atoms with Crippen molar-refractivity contribution in [2.24, 2.45) is 11.7 Å². The number of nitrogens with one attached hydrogen (secondary N) is 1. The van der Waals surface area contributed by atoms with Crippen molar-refractivity contribution < 1.29 is 9.53 Å². The van der Waals surface area contributed by atoms with Gasteiger partial charge in [-0.1, -0.05) is 56.3 Å². The van der Waals surface area contributed by atoms with Gasteiger partial charge in [-0.2, -0.15) is 0 Å². The molecule has 4 nitrogen and oxygen atoms in total. The van der Waals surface area contributed by atoms with Crippen LogP contribution >= 0.6 is 0 Å². The van der Waals surface area contributed by atoms with E-state index in [0.717, 1.165) is 16.9 Å². The third-order valence-electron chi connectivity index (χ3n) is 3.66. The Hall–Kier alpha value is -2.33. The molecule has 0 unspecified atom stereocenters. The lowest BCUT2D eigenvalue weighted by molar-refractivity contribution is -0.123. The number of hydrogen-bond acceptors (Lipinski definition) is 3. The van der Waals surface area contributed by atoms with Crippen molar-refractivity contribution in [2.75, 3.05) is 0 Å². The topological polar surface area (TPSA) is 64.4 Å². The van der Waals surface area contributed by atoms with Gasteiger partial charge in [0.2, 0.25) is 5.91 Å². The number of carbonyl (C=O) groups is 1. The molecule has 3 N–H and O–H groups in total. The molecule has 0 aromatic heterocycles. The Bertz CT molecular complexity index is 609. The molecule has 0 spiro atoms. The van der Waals surface area contributed by atoms with Crippen molar-refractivity contribution in [1.82, 2.24) is 5.32 Å². The van der Waals surface area contributed by atoms with Gasteiger partial charge >= 0.3 is 0 Å². The molecule has 4 heteroatoms. The van der Waals surface area contributed by atoms with Crippen molar-refractivity contribution >= 4 is 5.91 Å². The minimum absolute atomic E-state index is 0.114. The number of amides is 1. The van der Waals surface area contributed by atoms with Gasteiger partial charge < -0.3 is 15.8 Å². The average molecular weight is 312 g/mol. The number of rotatable bonds is 7. The Balaban J connectivity index is 1.81. The third kappa shape index (κ3) is 5.42. The summed E-state index contributed by atoms with van der Waals surface area (Å²) in [4.78, 5) is 11.8. The van der Waals surface area contributed by atoms with Gasteiger partial charge in [-0.05, 0) is 29.2 Å². The molecule has 2 aromatic carbocycles. The monoisotopic (exact) mass is 312 g/mol. The van der Waals surface area contributed by atoms with Crippen molar-refractivity contribution in [3.63, 3.8) is 0 Å². The van der Waals surface area contributed by atoms with E-state index in [2.05, 4.69) is 5.32 Å². The highest BCUT2D eigenvalue weighted by Crippen LogP contribution is 2.12. The van der Waals surface area contributed by atoms with Crippen LogP contribution in [-0.4, -0.2) is 11.9 Å². The summed E-state index contributed by atoms with van der Waals surface area (Å²) < 4.78 is 5.70. The van der Waals surface area contributed by atoms with Gasteiger partial charge in [-0.25, -0.2) is 0 Å². The van der Waals surface area contributed by atoms with Crippen LogP contribution in [0.1, 0.15) is 25.0 Å². The summed E-state index contributed by atoms with van der Waals surface area (Å²) in [5, 5.41) is 2.86. The molecular formula is C19H24N2O2. The Kier molecular flexibility index (Phi) is 6.18. The number of ether oxygens (including phenoxy) is 1. The summed E-state index contributed by atoms with van der Waals surface area (Å²) in [6.45, 7) is 4.88. The van der Waals surface area contributed by atoms with Crippen LogP contribution < -0.4 is 15.8 Å². The summed E-state index contributed by atoms with van der Waals surface area (Å²) >= 11 is 0. The molecule has 1 amide bonds. The smallest absolute Gasteiger partial charge is 0.237 e. The summed E-state index contributed by atoms with van der Waals surface area (Å²) in [5.74, 6) is 0.871. The Morgan fingerprint density at radius 2 is 1.65 bits per heavy atom. The van der Waals surface area contributed by atoms with E-state index in [1.54, 1.807) is 0 Å². The van der Waals surface area contributed by atoms with E-state index in [4.69, 9.17) is 10.5 Å². The SMILES string of the molecule is CC(C)[C@H](N)C(=O)NCc1ccc(COc2ccccc2)cc1. The van der Waals surface area contributed by atoms with Gasteiger partial charge in [0.25, 0.3) is 0 Å². The lowest BCUT2D eigenvalue weighted by Crippen LogP contribution is -2.43. The van der Waals surface area contributed by atoms with Gasteiger partial charge in [0, 0.05) is 6.54 Å². The maximum Gasteiger partial charge on any atom is 0.237 e. The highest BCUT2D eigenvalue weighted by atomic mass is 16.5. The van der Waals surface area contributed by atoms with Crippen molar-refractivity contribution in [3.05, 3.63) is 65.7 Å². The van der Waals surface area contributed by atoms with Gasteiger partial charge in [0.05, 0.1) is 6.04 Å². The molecular weight excluding hydrogens is 288 g/mol. The first-order valence-electron chi connectivity index (χ1n) is 7.85. The second kappa shape index (κ2) is 8.34. The molecule has 0 radical (unpaired) electrons. The predicted molar refractivity (Wildman–Crippen MR) is 91.9 cm³/mol. The Morgan fingerprint density at radius 3 is 2.26 bits per heavy atom. The molecule has 0 aliphatic heterocycles. The van der Waals surface area contributed by atoms with Gasteiger partial charge in [0.15, 0.2) is 0 Å². The quantitative estimate of drug-likeness (QED) is 0.826. The molecule has 0 aliphatic carbocycles. The normalized spacial score (nSPS) is 12.0. The summed E-state index contributed by atoms with van der Waals surface area (Å²) in [6.07, 6.45) is 0. The highest BCUT2D eigenvalue weighted by molar-refractivity contribution is 5.81. The minimum atomic E-state index is -0.464. The van der Waals surface area contributed by atoms with E-state index < -0.39 is 6.04 Å². The summed E-state index contributed by atoms with van der Waals surface area (Å²) in [6, 6.07) is 17.3. The number of carbonyl (C=O) groups excluding carboxylic acids is 1. The van der Waals surface area contributed by atoms with Crippen LogP contribution in [0.3, 0.4) is 0 Å². The maximum atomic E-state index is 11.8. The van der Waals surface area contributed by atoms with E-state index in [-0.39, 0.29) is 11.8 Å². The summed E-state index contributed by atoms with van der Waals surface area (Å²) in [5.41, 5.74) is 7.94. The fourth-order valence-corrected chi connectivity index (χ4v) is 2.05. The predicted octanol–water partition coefficient (Wildman–Crippen LogP) is 2.87. The first-order valence-corrected chi connectivity index (χ1v) is 7.85. The van der Waals surface area contributed by atoms with Crippen molar-refractivity contribution in [2.45, 2.75) is 33.0 Å². The first kappa shape index (κ1) is 17.0. The molecule has 0 saturated carbocycles. The average Bonchev–Trinajstić information content (AvgIpc) is 2.59. The van der Waals surface area contributed by atoms with Crippen LogP contribution in [0, 0.1) is 5.92 Å². The van der Waals surface area contributed by atoms with Crippen LogP contribution in [0.4, 0.5) is 0 Å². The fourth-order valence-electron chi connectivity index (χ4n) is 2.05. The van der Waals surface area contributed by atoms with Crippen LogP contribution in [-0.2, 0) is 17.9 Å². The van der Waals surface area contributed by atoms with Crippen LogP contribution in [0.5, 0.6) is 5.75 Å². The molecule has 2 rings (SSSR count). The zero-order chi connectivity index (χ0) is 16.7. The molecule has 23 heavy (non-hydrogen) atoms. The fraction of sp³-hybridized carbons (Fsp3) is 0.316. The Morgan fingerprint density at radius 1 is 1.04 bits per heavy atom. The zero-order valence-electron chi connectivity index (χ0n) is 13.7. The molecule has 0 fully saturated rings. The van der Waals surface area contributed by atoms with Crippen molar-refractivity contribution in [3.8, 4) is 5.75 Å². The number of para-hydroxylation sites is 1. The molecule has 1 atom stereocenters. The summed E-state index contributed by atoms with van der Waals surface area (Å²) in [7, 11) is 0. The van der Waals surface area contributed by atoms with E-state index in [9.17, 15) is 4.79 Å². The minimum Gasteiger partial charge on any atom is -0.489 e. The number of nitrogens with two attached hydrogens (primary N) is 1. The van der Waals surface area contributed by atoms with Gasteiger partial charge in [-0.3, -0.25) is 4.79 Å². The molecule has 0 saturated heterocycles. The van der Waals surface area contributed by atoms with Crippen molar-refractivity contribution in [1.29, 1.82) is 0 Å². The molecule has 0 heterocycles. The van der Waals surface area contributed by atoms with Crippen LogP contribution in [0.2, 0.25) is 0 Å². The standard InChI is InChI=1S/C19H24N2O2/c1-14(2)18(20)19(22)21-12-15-8-10-16(11-9-15)13-23-17-6-4-3-5-7-17/h3-11,14,18H,12-13,20H2,1-2H3,(H,21,22)/t18-/m0/s1. The van der Waals surface area contributed by atoms with Crippen LogP contribution in [0.15, 0.2) is 54.6 Å². The second-order valence-electron chi connectivity index (χ2n) is 5.91. The first-order chi connectivity index (χ1) is 11.1. The largest absolute Gasteiger partial charge is 0.489 e. The molecule has 122 valence electrons. The van der Waals surface area contributed by atoms with E-state index >= 15 is 0 Å². The zero-order valence-corrected chi connectivity index (χ0v) is 13.7. The Labute approximate surface area is 137 Å². The highest BCUT2D eigenvalue weighted by Gasteiger charge is 2.16. The lowest BCUT2D eigenvalue weighted by atomic mass is 10.0. The molecule has 2 aromatic rings. The van der Waals surface area contributed by atoms with E-state index in [1.165, 1.54) is 0 Å². The molecule has 0 bridgehead atoms. The van der Waals surface area contributed by atoms with E-state index in [0.29, 0.717) is 13.2 Å². The number of hydrogen-bond donors (Lipinski definition) is 2. The van der Waals surface area contributed by atoms with E-state index in [1.807, 2.05) is 68.4 Å². The van der Waals surface area contributed by atoms with Crippen LogP contribution in [0.25, 0.3) is 0 Å². The maximum absolute atomic E-state index is 11.8. The lowest BCUT2D eigenvalue weighted by Gasteiger charge is -2.15. The van der Waals surface area contributed by atoms with Gasteiger partial charge in [-0.15, -0.1) is 0 Å². The second-order valence-corrected chi connectivity index (χ2v) is 5.91. The third-order valence-corrected chi connectivity index (χ3v) is 3.66. The molecule has 0 aliphatic rings. The van der Waals surface area contributed by atoms with Gasteiger partial charge in [0.1, 0.15) is 12.4 Å². The number of benzene rings is 2.